The monoisotopic (exact) mass is 1270 g/mol. The molecule has 480 valence electrons. The number of aryl methyl sites for hydroxylation is 1. The van der Waals surface area contributed by atoms with Crippen LogP contribution in [0.15, 0.2) is 58.5 Å². The van der Waals surface area contributed by atoms with Crippen molar-refractivity contribution in [3.05, 3.63) is 109 Å². The fraction of sp³-hybridized carbons (Fsp3) is 0.450. The van der Waals surface area contributed by atoms with Gasteiger partial charge in [-0.05, 0) is 60.9 Å². The lowest BCUT2D eigenvalue weighted by Gasteiger charge is -2.29. The van der Waals surface area contributed by atoms with E-state index < -0.39 is 129 Å². The number of rotatable bonds is 32. The second-order valence-electron chi connectivity index (χ2n) is 22.1. The van der Waals surface area contributed by atoms with E-state index >= 15 is 4.39 Å². The standard InChI is InChI=1S/C60H69FN9O19P/c1-32-34-12-13-39(54-36-28-70-42(55(36)68-40(53(34)54)23-38(32)61)22-35-37(58(70)85)29-89-60(86)56(35)83)66-48(75)30-88-31-65-46(73)26-64-57(84)41(21-33-9-5-3-6-10-33)67-47(74)27-63-45(72)25-62-44(71)11-7-4-8-17-69-49(76)24-43(59(69)87-2)90(18-14-50(77)78,19-15-51(79)80)20-16-52(81)82/h3,5-6,9-10,22-23,39,41,56,83H,4,7-8,11-21,24-31H2,1-2H3,(H8-,62,63,64,65,66,67,71,72,73,74,75,77,78,79,80,81,82,84)/p+1/t39-,41-,56-/m0/s1. The van der Waals surface area contributed by atoms with E-state index in [0.717, 1.165) is 0 Å². The Kier molecular flexibility index (Phi) is 22.1. The minimum atomic E-state index is -2.81. The van der Waals surface area contributed by atoms with Gasteiger partial charge in [0.05, 0.1) is 113 Å². The van der Waals surface area contributed by atoms with Gasteiger partial charge in [-0.3, -0.25) is 57.6 Å². The largest absolute Gasteiger partial charge is 0.481 e. The molecule has 90 heavy (non-hydrogen) atoms. The van der Waals surface area contributed by atoms with Gasteiger partial charge in [0.15, 0.2) is 6.10 Å². The topological polar surface area (TPSA) is 407 Å². The molecule has 28 nitrogen and oxygen atoms in total. The summed E-state index contributed by atoms with van der Waals surface area (Å²) in [6.45, 7) is -1.08. The number of amides is 7. The number of unbranched alkanes of at least 4 members (excludes halogenated alkanes) is 2. The number of carboxylic acid groups (broad SMARTS) is 3. The molecule has 4 aromatic rings. The van der Waals surface area contributed by atoms with Crippen molar-refractivity contribution in [2.45, 2.75) is 109 Å². The van der Waals surface area contributed by atoms with Crippen LogP contribution in [0.1, 0.15) is 109 Å². The molecule has 0 bridgehead atoms. The zero-order valence-electron chi connectivity index (χ0n) is 49.4. The SMILES string of the molecule is COC1=C([P+](CCC(=O)O)(CCC(=O)O)CCC(=O)O)CC(=O)N1CCCCCC(=O)NCC(=O)NCC(=O)N[C@@H](Cc1ccccc1)C(=O)NCC(=O)NCOCC(=O)N[C@H]1CCc2c(C)c(F)cc3nc4c(c1c23)Cn1c-4cc2c(c1=O)COC(=O)[C@H]2O. The van der Waals surface area contributed by atoms with E-state index in [9.17, 15) is 78.0 Å². The number of hydrogen-bond donors (Lipinski definition) is 10. The Morgan fingerprint density at radius 1 is 0.789 bits per heavy atom. The summed E-state index contributed by atoms with van der Waals surface area (Å²) in [6.07, 6.45) is -1.02. The van der Waals surface area contributed by atoms with Crippen molar-refractivity contribution in [3.63, 3.8) is 0 Å². The number of nitrogens with one attached hydrogen (secondary N) is 6. The van der Waals surface area contributed by atoms with Crippen molar-refractivity contribution in [1.82, 2.24) is 46.4 Å². The third-order valence-corrected chi connectivity index (χ3v) is 21.0. The molecule has 0 saturated heterocycles. The number of esters is 1. The van der Waals surface area contributed by atoms with E-state index in [1.165, 1.54) is 28.7 Å². The van der Waals surface area contributed by atoms with Crippen molar-refractivity contribution < 1.29 is 91.8 Å². The lowest BCUT2D eigenvalue weighted by molar-refractivity contribution is -0.157. The van der Waals surface area contributed by atoms with Crippen molar-refractivity contribution in [3.8, 4) is 11.4 Å². The number of cyclic esters (lactones) is 1. The molecule has 2 aromatic heterocycles. The number of aliphatic carboxylic acids is 3. The molecule has 3 aliphatic heterocycles. The fourth-order valence-electron chi connectivity index (χ4n) is 11.7. The lowest BCUT2D eigenvalue weighted by Crippen LogP contribution is -2.52. The Morgan fingerprint density at radius 2 is 1.44 bits per heavy atom. The number of fused-ring (bicyclic) bond motifs is 5. The van der Waals surface area contributed by atoms with Crippen molar-refractivity contribution in [1.29, 1.82) is 0 Å². The number of halogens is 1. The Bertz CT molecular complexity index is 3590. The third kappa shape index (κ3) is 16.0. The molecule has 0 spiro atoms. The van der Waals surface area contributed by atoms with E-state index in [2.05, 4.69) is 31.9 Å². The van der Waals surface area contributed by atoms with Crippen molar-refractivity contribution in [2.24, 2.45) is 0 Å². The number of ether oxygens (including phenoxy) is 3. The summed E-state index contributed by atoms with van der Waals surface area (Å²) < 4.78 is 32.9. The van der Waals surface area contributed by atoms with Gasteiger partial charge in [0, 0.05) is 42.0 Å². The molecule has 5 heterocycles. The van der Waals surface area contributed by atoms with E-state index in [4.69, 9.17) is 19.2 Å². The van der Waals surface area contributed by atoms with E-state index in [1.807, 2.05) is 0 Å². The minimum Gasteiger partial charge on any atom is -0.481 e. The number of pyridine rings is 2. The molecule has 30 heteroatoms. The molecular formula is C60H70FN9O19P+. The Balaban J connectivity index is 0.765. The normalized spacial score (nSPS) is 15.8. The predicted molar refractivity (Wildman–Crippen MR) is 316 cm³/mol. The number of benzene rings is 2. The van der Waals surface area contributed by atoms with Gasteiger partial charge in [-0.25, -0.2) is 14.2 Å². The van der Waals surface area contributed by atoms with Crippen LogP contribution in [0.5, 0.6) is 0 Å². The highest BCUT2D eigenvalue weighted by Gasteiger charge is 2.51. The number of hydrogen-bond acceptors (Lipinski definition) is 17. The van der Waals surface area contributed by atoms with Crippen LogP contribution < -0.4 is 37.5 Å². The summed E-state index contributed by atoms with van der Waals surface area (Å²) in [6, 6.07) is 9.58. The van der Waals surface area contributed by atoms with E-state index in [-0.39, 0.29) is 99.6 Å². The Labute approximate surface area is 514 Å². The number of aliphatic hydroxyl groups excluding tert-OH is 1. The number of nitrogens with zero attached hydrogens (tertiary/aromatic N) is 3. The number of carbonyl (C=O) groups excluding carboxylic acids is 8. The molecule has 7 amide bonds. The summed E-state index contributed by atoms with van der Waals surface area (Å²) in [5.74, 6) is -9.03. The average molecular weight is 1270 g/mol. The summed E-state index contributed by atoms with van der Waals surface area (Å²) in [4.78, 5) is 159. The van der Waals surface area contributed by atoms with Crippen LogP contribution in [-0.2, 0) is 92.9 Å². The number of carbonyl (C=O) groups is 11. The zero-order chi connectivity index (χ0) is 65.0. The molecule has 1 aliphatic carbocycles. The molecule has 0 unspecified atom stereocenters. The molecule has 0 saturated carbocycles. The summed E-state index contributed by atoms with van der Waals surface area (Å²) >= 11 is 0. The minimum absolute atomic E-state index is 0.00230. The molecule has 10 N–H and O–H groups in total. The second-order valence-corrected chi connectivity index (χ2v) is 26.3. The summed E-state index contributed by atoms with van der Waals surface area (Å²) in [7, 11) is -1.49. The van der Waals surface area contributed by atoms with Gasteiger partial charge in [0.1, 0.15) is 37.1 Å². The van der Waals surface area contributed by atoms with E-state index in [0.29, 0.717) is 87.5 Å². The Morgan fingerprint density at radius 3 is 2.12 bits per heavy atom. The van der Waals surface area contributed by atoms with Crippen LogP contribution in [0.2, 0.25) is 0 Å². The lowest BCUT2D eigenvalue weighted by atomic mass is 9.81. The molecule has 2 aromatic carbocycles. The van der Waals surface area contributed by atoms with E-state index in [1.54, 1.807) is 37.3 Å². The number of aliphatic hydroxyl groups is 1. The first kappa shape index (κ1) is 66.7. The smallest absolute Gasteiger partial charge is 0.340 e. The van der Waals surface area contributed by atoms with Crippen LogP contribution in [0.4, 0.5) is 4.39 Å². The molecular weight excluding hydrogens is 1200 g/mol. The maximum absolute atomic E-state index is 15.3. The van der Waals surface area contributed by atoms with Crippen LogP contribution in [-0.4, -0.2) is 171 Å². The second kappa shape index (κ2) is 29.9. The van der Waals surface area contributed by atoms with Gasteiger partial charge >= 0.3 is 23.9 Å². The van der Waals surface area contributed by atoms with Gasteiger partial charge < -0.3 is 71.1 Å². The molecule has 4 aliphatic rings. The molecule has 8 rings (SSSR count). The van der Waals surface area contributed by atoms with Gasteiger partial charge in [-0.1, -0.05) is 36.8 Å². The summed E-state index contributed by atoms with van der Waals surface area (Å²) in [5.41, 5.74) is 3.66. The first-order valence-corrected chi connectivity index (χ1v) is 31.5. The third-order valence-electron chi connectivity index (χ3n) is 16.3. The van der Waals surface area contributed by atoms with Crippen LogP contribution in [0.3, 0.4) is 0 Å². The number of aromatic nitrogens is 2. The maximum atomic E-state index is 15.3. The molecule has 0 fully saturated rings. The van der Waals surface area contributed by atoms with Gasteiger partial charge in [-0.15, -0.1) is 0 Å². The van der Waals surface area contributed by atoms with Crippen molar-refractivity contribution >= 4 is 83.4 Å². The first-order chi connectivity index (χ1) is 43.0. The van der Waals surface area contributed by atoms with Gasteiger partial charge in [0.2, 0.25) is 47.2 Å². The number of carboxylic acids is 3. The van der Waals surface area contributed by atoms with Crippen molar-refractivity contribution in [2.75, 3.05) is 65.1 Å². The number of methoxy groups -OCH3 is 1. The first-order valence-electron chi connectivity index (χ1n) is 29.1. The maximum Gasteiger partial charge on any atom is 0.340 e. The average Bonchev–Trinajstić information content (AvgIpc) is 1.47. The van der Waals surface area contributed by atoms with Crippen LogP contribution in [0.25, 0.3) is 22.3 Å². The summed E-state index contributed by atoms with van der Waals surface area (Å²) in [5, 5.41) is 55.5. The highest BCUT2D eigenvalue weighted by atomic mass is 31.2. The fourth-order valence-corrected chi connectivity index (χ4v) is 16.2. The van der Waals surface area contributed by atoms with Crippen LogP contribution in [0, 0.1) is 12.7 Å². The highest BCUT2D eigenvalue weighted by Crippen LogP contribution is 2.70. The molecule has 3 atom stereocenters. The molecule has 0 radical (unpaired) electrons. The quantitative estimate of drug-likeness (QED) is 0.0125. The predicted octanol–water partition coefficient (Wildman–Crippen LogP) is 1.28. The highest BCUT2D eigenvalue weighted by molar-refractivity contribution is 7.80. The van der Waals surface area contributed by atoms with Gasteiger partial charge in [-0.2, -0.15) is 0 Å². The van der Waals surface area contributed by atoms with Gasteiger partial charge in [0.25, 0.3) is 5.56 Å². The van der Waals surface area contributed by atoms with Crippen LogP contribution >= 0.6 is 7.26 Å². The Hall–Kier alpha value is -9.21. The zero-order valence-corrected chi connectivity index (χ0v) is 50.3.